The lowest BCUT2D eigenvalue weighted by Crippen LogP contribution is -1.85. The third kappa shape index (κ3) is 18.6. The smallest absolute Gasteiger partial charge is 0.0533 e. The molecule has 0 amide bonds. The summed E-state index contributed by atoms with van der Waals surface area (Å²) in [4.78, 5) is 0. The molecule has 2 aliphatic carbocycles. The number of hydrogen-bond donors (Lipinski definition) is 0. The van der Waals surface area contributed by atoms with Crippen LogP contribution in [0.1, 0.15) is 84.5 Å². The van der Waals surface area contributed by atoms with Crippen molar-refractivity contribution in [2.45, 2.75) is 84.5 Å². The van der Waals surface area contributed by atoms with Gasteiger partial charge in [-0.2, -0.15) is 0 Å². The Balaban J connectivity index is 0.000000303. The maximum Gasteiger partial charge on any atom is -0.0533 e. The fourth-order valence-corrected chi connectivity index (χ4v) is 2.89. The summed E-state index contributed by atoms with van der Waals surface area (Å²) in [5.74, 6) is 0. The number of hydrogen-bond acceptors (Lipinski definition) is 0. The van der Waals surface area contributed by atoms with Crippen molar-refractivity contribution in [2.24, 2.45) is 0 Å². The standard InChI is InChI=1S/2C6H12.2C6H6.CH4/c4*1-2-4-6-5-3-1;/h2*1-6H2;2*1-6H;1H4. The summed E-state index contributed by atoms with van der Waals surface area (Å²) in [6.45, 7) is 0. The molecule has 0 atom stereocenters. The molecule has 0 heterocycles. The second kappa shape index (κ2) is 20.5. The van der Waals surface area contributed by atoms with Gasteiger partial charge < -0.3 is 0 Å². The van der Waals surface area contributed by atoms with Crippen LogP contribution in [0.25, 0.3) is 0 Å². The Hall–Kier alpha value is -1.56. The molecule has 0 saturated heterocycles. The number of benzene rings is 2. The third-order valence-corrected chi connectivity index (χ3v) is 4.33. The van der Waals surface area contributed by atoms with Gasteiger partial charge in [-0.25, -0.2) is 0 Å². The highest BCUT2D eigenvalue weighted by atomic mass is 14.0. The van der Waals surface area contributed by atoms with Gasteiger partial charge in [-0.3, -0.25) is 0 Å². The maximum absolute atomic E-state index is 2.00. The van der Waals surface area contributed by atoms with E-state index in [1.54, 1.807) is 0 Å². The van der Waals surface area contributed by atoms with Gasteiger partial charge in [-0.1, -0.05) is 157 Å². The van der Waals surface area contributed by atoms with E-state index in [0.29, 0.717) is 0 Å². The van der Waals surface area contributed by atoms with Crippen LogP contribution < -0.4 is 0 Å². The quantitative estimate of drug-likeness (QED) is 0.450. The van der Waals surface area contributed by atoms with Gasteiger partial charge in [0.2, 0.25) is 0 Å². The molecule has 0 unspecified atom stereocenters. The Morgan fingerprint density at radius 3 is 0.360 bits per heavy atom. The third-order valence-electron chi connectivity index (χ3n) is 4.33. The molecular formula is C25H40. The highest BCUT2D eigenvalue weighted by Gasteiger charge is 1.96. The molecule has 4 rings (SSSR count). The Kier molecular flexibility index (Phi) is 19.2. The second-order valence-corrected chi connectivity index (χ2v) is 6.55. The largest absolute Gasteiger partial charge is 0.0776 e. The molecule has 0 aliphatic heterocycles. The summed E-state index contributed by atoms with van der Waals surface area (Å²) in [5, 5.41) is 0. The van der Waals surface area contributed by atoms with Crippen molar-refractivity contribution in [1.29, 1.82) is 0 Å². The SMILES string of the molecule is C.C1CCCCC1.C1CCCCC1.c1ccccc1.c1ccccc1. The Bertz CT molecular complexity index is 292. The van der Waals surface area contributed by atoms with E-state index in [0.717, 1.165) is 0 Å². The molecule has 0 nitrogen and oxygen atoms in total. The van der Waals surface area contributed by atoms with Crippen molar-refractivity contribution in [3.8, 4) is 0 Å². The van der Waals surface area contributed by atoms with Gasteiger partial charge in [-0.05, 0) is 0 Å². The highest BCUT2D eigenvalue weighted by Crippen LogP contribution is 2.15. The average Bonchev–Trinajstić information content (AvgIpc) is 2.75. The molecule has 25 heavy (non-hydrogen) atoms. The molecule has 0 spiro atoms. The van der Waals surface area contributed by atoms with Crippen molar-refractivity contribution in [2.75, 3.05) is 0 Å². The molecule has 0 radical (unpaired) electrons. The molecule has 0 bridgehead atoms. The summed E-state index contributed by atoms with van der Waals surface area (Å²) in [6.07, 6.45) is 18.0. The van der Waals surface area contributed by atoms with Gasteiger partial charge in [0.05, 0.1) is 0 Å². The fraction of sp³-hybridized carbons (Fsp3) is 0.520. The first-order chi connectivity index (χ1) is 12.0. The summed E-state index contributed by atoms with van der Waals surface area (Å²) < 4.78 is 0. The molecule has 0 heteroatoms. The van der Waals surface area contributed by atoms with Crippen molar-refractivity contribution in [3.63, 3.8) is 0 Å². The van der Waals surface area contributed by atoms with Crippen LogP contribution in [0.2, 0.25) is 0 Å². The molecule has 0 aromatic heterocycles. The van der Waals surface area contributed by atoms with Gasteiger partial charge in [0.1, 0.15) is 0 Å². The van der Waals surface area contributed by atoms with Gasteiger partial charge in [-0.15, -0.1) is 0 Å². The Labute approximate surface area is 157 Å². The summed E-state index contributed by atoms with van der Waals surface area (Å²) in [5.41, 5.74) is 0. The molecule has 0 N–H and O–H groups in total. The topological polar surface area (TPSA) is 0 Å². The van der Waals surface area contributed by atoms with Crippen LogP contribution in [-0.2, 0) is 0 Å². The van der Waals surface area contributed by atoms with Crippen LogP contribution in [-0.4, -0.2) is 0 Å². The molecule has 2 fully saturated rings. The minimum absolute atomic E-state index is 0. The molecular weight excluding hydrogens is 300 g/mol. The van der Waals surface area contributed by atoms with Crippen molar-refractivity contribution < 1.29 is 0 Å². The molecule has 140 valence electrons. The normalized spacial score (nSPS) is 15.4. The van der Waals surface area contributed by atoms with E-state index in [1.165, 1.54) is 77.0 Å². The summed E-state index contributed by atoms with van der Waals surface area (Å²) in [7, 11) is 0. The van der Waals surface area contributed by atoms with Gasteiger partial charge in [0.15, 0.2) is 0 Å². The zero-order valence-electron chi connectivity index (χ0n) is 15.4. The van der Waals surface area contributed by atoms with E-state index in [9.17, 15) is 0 Å². The van der Waals surface area contributed by atoms with Crippen molar-refractivity contribution in [1.82, 2.24) is 0 Å². The van der Waals surface area contributed by atoms with Gasteiger partial charge in [0.25, 0.3) is 0 Å². The minimum atomic E-state index is 0. The van der Waals surface area contributed by atoms with Crippen LogP contribution in [0.15, 0.2) is 72.8 Å². The van der Waals surface area contributed by atoms with Crippen molar-refractivity contribution in [3.05, 3.63) is 72.8 Å². The molecule has 2 saturated carbocycles. The number of rotatable bonds is 0. The Morgan fingerprint density at radius 1 is 0.200 bits per heavy atom. The van der Waals surface area contributed by atoms with E-state index in [-0.39, 0.29) is 7.43 Å². The Morgan fingerprint density at radius 2 is 0.280 bits per heavy atom. The zero-order chi connectivity index (χ0) is 17.0. The highest BCUT2D eigenvalue weighted by molar-refractivity contribution is 4.99. The van der Waals surface area contributed by atoms with Crippen LogP contribution in [0, 0.1) is 0 Å². The average molecular weight is 341 g/mol. The first-order valence-corrected chi connectivity index (χ1v) is 10.00. The van der Waals surface area contributed by atoms with Crippen molar-refractivity contribution >= 4 is 0 Å². The predicted octanol–water partition coefficient (Wildman–Crippen LogP) is 8.69. The monoisotopic (exact) mass is 340 g/mol. The van der Waals surface area contributed by atoms with Crippen LogP contribution in [0.5, 0.6) is 0 Å². The van der Waals surface area contributed by atoms with E-state index >= 15 is 0 Å². The summed E-state index contributed by atoms with van der Waals surface area (Å²) >= 11 is 0. The van der Waals surface area contributed by atoms with E-state index in [4.69, 9.17) is 0 Å². The lowest BCUT2D eigenvalue weighted by atomic mass is 10.0. The van der Waals surface area contributed by atoms with Crippen LogP contribution in [0.3, 0.4) is 0 Å². The van der Waals surface area contributed by atoms with Gasteiger partial charge in [0, 0.05) is 0 Å². The summed E-state index contributed by atoms with van der Waals surface area (Å²) in [6, 6.07) is 24.0. The second-order valence-electron chi connectivity index (χ2n) is 6.55. The van der Waals surface area contributed by atoms with Crippen LogP contribution in [0.4, 0.5) is 0 Å². The molecule has 2 aromatic carbocycles. The van der Waals surface area contributed by atoms with E-state index < -0.39 is 0 Å². The minimum Gasteiger partial charge on any atom is -0.0776 e. The van der Waals surface area contributed by atoms with E-state index in [1.807, 2.05) is 72.8 Å². The molecule has 2 aliphatic rings. The first-order valence-electron chi connectivity index (χ1n) is 10.00. The maximum atomic E-state index is 2.00. The lowest BCUT2D eigenvalue weighted by molar-refractivity contribution is 0.504. The molecule has 2 aromatic rings. The fourth-order valence-electron chi connectivity index (χ4n) is 2.89. The first kappa shape index (κ1) is 23.4. The van der Waals surface area contributed by atoms with Gasteiger partial charge >= 0.3 is 0 Å². The predicted molar refractivity (Wildman–Crippen MR) is 115 cm³/mol. The lowest BCUT2D eigenvalue weighted by Gasteiger charge is -2.05. The van der Waals surface area contributed by atoms with E-state index in [2.05, 4.69) is 0 Å². The van der Waals surface area contributed by atoms with Crippen LogP contribution >= 0.6 is 0 Å². The zero-order valence-corrected chi connectivity index (χ0v) is 15.4.